The van der Waals surface area contributed by atoms with Crippen molar-refractivity contribution in [2.24, 2.45) is 0 Å². The molecule has 0 radical (unpaired) electrons. The molecule has 2 aromatic carbocycles. The molecule has 0 saturated carbocycles. The smallest absolute Gasteiger partial charge is 0.339 e. The maximum absolute atomic E-state index is 12.2. The number of carbonyl (C=O) groups is 2. The first-order valence-corrected chi connectivity index (χ1v) is 7.95. The van der Waals surface area contributed by atoms with E-state index in [0.717, 1.165) is 12.1 Å². The molecule has 1 unspecified atom stereocenters. The summed E-state index contributed by atoms with van der Waals surface area (Å²) in [7, 11) is 1.50. The van der Waals surface area contributed by atoms with E-state index in [9.17, 15) is 29.8 Å². The van der Waals surface area contributed by atoms with Crippen LogP contribution in [0.5, 0.6) is 0 Å². The van der Waals surface area contributed by atoms with Gasteiger partial charge in [0, 0.05) is 30.9 Å². The molecule has 2 rings (SSSR count). The molecule has 0 saturated heterocycles. The average molecular weight is 388 g/mol. The van der Waals surface area contributed by atoms with Crippen LogP contribution in [0, 0.1) is 20.2 Å². The van der Waals surface area contributed by atoms with E-state index in [1.807, 2.05) is 0 Å². The number of nitro groups is 2. The molecule has 0 aliphatic heterocycles. The van der Waals surface area contributed by atoms with Gasteiger partial charge in [0.1, 0.15) is 5.69 Å². The number of rotatable bonds is 7. The number of nitro benzene ring substituents is 2. The normalized spacial score (nSPS) is 11.2. The van der Waals surface area contributed by atoms with Gasteiger partial charge < -0.3 is 15.4 Å². The number of nitrogens with zero attached hydrogens (tertiary/aromatic N) is 2. The van der Waals surface area contributed by atoms with Crippen molar-refractivity contribution in [1.82, 2.24) is 0 Å². The largest absolute Gasteiger partial charge is 0.449 e. The third kappa shape index (κ3) is 4.78. The van der Waals surface area contributed by atoms with E-state index in [1.54, 1.807) is 0 Å². The summed E-state index contributed by atoms with van der Waals surface area (Å²) in [5.41, 5.74) is -0.236. The Bertz CT molecular complexity index is 945. The first kappa shape index (κ1) is 20.3. The number of hydrogen-bond acceptors (Lipinski definition) is 8. The number of carbonyl (C=O) groups excluding carboxylic acids is 2. The van der Waals surface area contributed by atoms with Gasteiger partial charge in [-0.15, -0.1) is 0 Å². The molecule has 28 heavy (non-hydrogen) atoms. The second-order valence-electron chi connectivity index (χ2n) is 5.58. The van der Waals surface area contributed by atoms with Crippen LogP contribution >= 0.6 is 0 Å². The fourth-order valence-corrected chi connectivity index (χ4v) is 2.24. The van der Waals surface area contributed by atoms with Crippen LogP contribution < -0.4 is 10.6 Å². The van der Waals surface area contributed by atoms with E-state index in [0.29, 0.717) is 0 Å². The lowest BCUT2D eigenvalue weighted by atomic mass is 10.1. The van der Waals surface area contributed by atoms with E-state index in [4.69, 9.17) is 4.74 Å². The molecule has 1 atom stereocenters. The summed E-state index contributed by atoms with van der Waals surface area (Å²) in [6, 6.07) is 8.98. The molecule has 0 aliphatic rings. The lowest BCUT2D eigenvalue weighted by Crippen LogP contribution is -2.30. The maximum atomic E-state index is 12.2. The number of anilines is 2. The molecule has 0 aliphatic carbocycles. The van der Waals surface area contributed by atoms with Crippen LogP contribution in [-0.4, -0.2) is 34.9 Å². The number of amides is 1. The summed E-state index contributed by atoms with van der Waals surface area (Å²) in [5.74, 6) is -1.64. The molecule has 1 amide bonds. The van der Waals surface area contributed by atoms with Gasteiger partial charge in [0.25, 0.3) is 17.3 Å². The molecule has 0 spiro atoms. The zero-order valence-electron chi connectivity index (χ0n) is 14.9. The van der Waals surface area contributed by atoms with Crippen LogP contribution in [0.3, 0.4) is 0 Å². The van der Waals surface area contributed by atoms with Crippen LogP contribution in [0.2, 0.25) is 0 Å². The summed E-state index contributed by atoms with van der Waals surface area (Å²) in [6.07, 6.45) is -1.24. The van der Waals surface area contributed by atoms with Gasteiger partial charge in [0.05, 0.1) is 15.4 Å². The van der Waals surface area contributed by atoms with Crippen molar-refractivity contribution in [3.63, 3.8) is 0 Å². The quantitative estimate of drug-likeness (QED) is 0.417. The summed E-state index contributed by atoms with van der Waals surface area (Å²) in [5, 5.41) is 26.9. The minimum absolute atomic E-state index is 0.0966. The van der Waals surface area contributed by atoms with E-state index in [2.05, 4.69) is 10.6 Å². The molecule has 0 fully saturated rings. The van der Waals surface area contributed by atoms with Gasteiger partial charge in [-0.2, -0.15) is 0 Å². The van der Waals surface area contributed by atoms with E-state index < -0.39 is 27.8 Å². The first-order chi connectivity index (χ1) is 13.2. The predicted octanol–water partition coefficient (Wildman–Crippen LogP) is 2.73. The summed E-state index contributed by atoms with van der Waals surface area (Å²) >= 11 is 0. The fourth-order valence-electron chi connectivity index (χ4n) is 2.24. The number of nitrogens with one attached hydrogen (secondary N) is 2. The molecular weight excluding hydrogens is 372 g/mol. The Hall–Kier alpha value is -4.02. The second kappa shape index (κ2) is 8.58. The number of benzene rings is 2. The molecule has 0 heterocycles. The molecule has 0 aromatic heterocycles. The summed E-state index contributed by atoms with van der Waals surface area (Å²) < 4.78 is 5.03. The van der Waals surface area contributed by atoms with Gasteiger partial charge >= 0.3 is 5.97 Å². The van der Waals surface area contributed by atoms with E-state index >= 15 is 0 Å². The zero-order valence-corrected chi connectivity index (χ0v) is 14.9. The average Bonchev–Trinajstić information content (AvgIpc) is 2.67. The van der Waals surface area contributed by atoms with Crippen molar-refractivity contribution >= 4 is 34.6 Å². The van der Waals surface area contributed by atoms with Crippen molar-refractivity contribution < 1.29 is 24.2 Å². The summed E-state index contributed by atoms with van der Waals surface area (Å²) in [6.45, 7) is 1.31. The van der Waals surface area contributed by atoms with Crippen LogP contribution in [0.1, 0.15) is 17.3 Å². The molecule has 2 N–H and O–H groups in total. The van der Waals surface area contributed by atoms with Crippen molar-refractivity contribution in [2.75, 3.05) is 17.7 Å². The fraction of sp³-hybridized carbons (Fsp3) is 0.176. The Balaban J connectivity index is 2.08. The highest BCUT2D eigenvalue weighted by molar-refractivity contribution is 5.98. The lowest BCUT2D eigenvalue weighted by Gasteiger charge is -2.14. The molecule has 146 valence electrons. The molecule has 11 nitrogen and oxygen atoms in total. The lowest BCUT2D eigenvalue weighted by molar-refractivity contribution is -0.384. The molecule has 11 heteroatoms. The van der Waals surface area contributed by atoms with Gasteiger partial charge in [-0.3, -0.25) is 25.0 Å². The zero-order chi connectivity index (χ0) is 20.8. The monoisotopic (exact) mass is 388 g/mol. The summed E-state index contributed by atoms with van der Waals surface area (Å²) in [4.78, 5) is 44.9. The Labute approximate surface area is 158 Å². The number of ether oxygens (including phenoxy) is 1. The number of esters is 1. The van der Waals surface area contributed by atoms with Gasteiger partial charge in [-0.1, -0.05) is 6.07 Å². The SMILES string of the molecule is CNc1ccc(C(=O)OC(C)C(=O)Nc2cccc([N+](=O)[O-])c2)cc1[N+](=O)[O-]. The number of hydrogen-bond donors (Lipinski definition) is 2. The highest BCUT2D eigenvalue weighted by Crippen LogP contribution is 2.25. The van der Waals surface area contributed by atoms with Gasteiger partial charge in [-0.05, 0) is 25.1 Å². The van der Waals surface area contributed by atoms with Crippen LogP contribution in [0.25, 0.3) is 0 Å². The molecular formula is C17H16N4O7. The minimum Gasteiger partial charge on any atom is -0.449 e. The highest BCUT2D eigenvalue weighted by Gasteiger charge is 2.22. The Morgan fingerprint density at radius 2 is 1.79 bits per heavy atom. The Morgan fingerprint density at radius 3 is 2.39 bits per heavy atom. The first-order valence-electron chi connectivity index (χ1n) is 7.95. The van der Waals surface area contributed by atoms with Gasteiger partial charge in [0.15, 0.2) is 6.10 Å². The topological polar surface area (TPSA) is 154 Å². The van der Waals surface area contributed by atoms with Crippen molar-refractivity contribution in [3.05, 3.63) is 68.3 Å². The standard InChI is InChI=1S/C17H16N4O7/c1-10(16(22)19-12-4-3-5-13(9-12)20(24)25)28-17(23)11-6-7-14(18-2)15(8-11)21(26)27/h3-10,18H,1-2H3,(H,19,22). The second-order valence-corrected chi connectivity index (χ2v) is 5.58. The third-order valence-corrected chi connectivity index (χ3v) is 3.68. The van der Waals surface area contributed by atoms with E-state index in [-0.39, 0.29) is 28.3 Å². The Morgan fingerprint density at radius 1 is 1.07 bits per heavy atom. The van der Waals surface area contributed by atoms with Crippen LogP contribution in [0.15, 0.2) is 42.5 Å². The van der Waals surface area contributed by atoms with Crippen molar-refractivity contribution in [3.8, 4) is 0 Å². The van der Waals surface area contributed by atoms with Crippen LogP contribution in [0.4, 0.5) is 22.7 Å². The molecule has 0 bridgehead atoms. The third-order valence-electron chi connectivity index (χ3n) is 3.68. The number of non-ortho nitro benzene ring substituents is 1. The molecule has 2 aromatic rings. The van der Waals surface area contributed by atoms with Gasteiger partial charge in [0.2, 0.25) is 0 Å². The minimum atomic E-state index is -1.24. The van der Waals surface area contributed by atoms with Crippen LogP contribution in [-0.2, 0) is 9.53 Å². The highest BCUT2D eigenvalue weighted by atomic mass is 16.6. The van der Waals surface area contributed by atoms with Crippen molar-refractivity contribution in [2.45, 2.75) is 13.0 Å². The van der Waals surface area contributed by atoms with Gasteiger partial charge in [-0.25, -0.2) is 4.79 Å². The van der Waals surface area contributed by atoms with E-state index in [1.165, 1.54) is 44.3 Å². The Kier molecular flexibility index (Phi) is 6.22. The van der Waals surface area contributed by atoms with Crippen molar-refractivity contribution in [1.29, 1.82) is 0 Å². The maximum Gasteiger partial charge on any atom is 0.339 e. The predicted molar refractivity (Wildman–Crippen MR) is 99.2 cm³/mol.